The zero-order chi connectivity index (χ0) is 25.2. The van der Waals surface area contributed by atoms with Crippen LogP contribution in [0.25, 0.3) is 16.9 Å². The van der Waals surface area contributed by atoms with Gasteiger partial charge in [0.1, 0.15) is 5.75 Å². The zero-order valence-corrected chi connectivity index (χ0v) is 20.9. The number of ether oxygens (including phenoxy) is 1. The van der Waals surface area contributed by atoms with Crippen LogP contribution in [-0.4, -0.2) is 27.9 Å². The first kappa shape index (κ1) is 23.2. The molecule has 1 fully saturated rings. The van der Waals surface area contributed by atoms with Crippen molar-refractivity contribution in [1.82, 2.24) is 14.5 Å². The van der Waals surface area contributed by atoms with Crippen LogP contribution >= 0.6 is 0 Å². The highest BCUT2D eigenvalue weighted by atomic mass is 16.5. The normalized spacial score (nSPS) is 15.8. The molecule has 2 heterocycles. The van der Waals surface area contributed by atoms with Gasteiger partial charge in [0.25, 0.3) is 5.56 Å². The van der Waals surface area contributed by atoms with E-state index in [2.05, 4.69) is 33.7 Å². The minimum Gasteiger partial charge on any atom is -0.497 e. The summed E-state index contributed by atoms with van der Waals surface area (Å²) in [6.45, 7) is 0. The number of rotatable bonds is 5. The molecule has 4 aromatic rings. The summed E-state index contributed by atoms with van der Waals surface area (Å²) in [4.78, 5) is 23.7. The fraction of sp³-hybridized carbons (Fsp3) is 0.267. The van der Waals surface area contributed by atoms with E-state index in [0.717, 1.165) is 54.5 Å². The number of anilines is 1. The summed E-state index contributed by atoms with van der Waals surface area (Å²) in [5.74, 6) is 1.04. The van der Waals surface area contributed by atoms with Crippen LogP contribution in [0.2, 0.25) is 0 Å². The number of nitrogens with one attached hydrogen (secondary N) is 1. The maximum absolute atomic E-state index is 14.5. The summed E-state index contributed by atoms with van der Waals surface area (Å²) < 4.78 is 7.12. The summed E-state index contributed by atoms with van der Waals surface area (Å²) in [5, 5.41) is 4.43. The van der Waals surface area contributed by atoms with Crippen LogP contribution in [0, 0.1) is 0 Å². The Hall–Kier alpha value is -4.26. The quantitative estimate of drug-likeness (QED) is 0.294. The van der Waals surface area contributed by atoms with E-state index < -0.39 is 0 Å². The summed E-state index contributed by atoms with van der Waals surface area (Å²) >= 11 is 0. The molecule has 0 amide bonds. The Morgan fingerprint density at radius 2 is 1.84 bits per heavy atom. The third-order valence-electron chi connectivity index (χ3n) is 7.62. The minimum absolute atomic E-state index is 0.0451. The average Bonchev–Trinajstić information content (AvgIpc) is 2.94. The topological polar surface area (TPSA) is 81.4 Å². The van der Waals surface area contributed by atoms with Crippen LogP contribution in [0.5, 0.6) is 5.75 Å². The van der Waals surface area contributed by atoms with Crippen LogP contribution in [0.3, 0.4) is 0 Å². The molecule has 2 aromatic heterocycles. The van der Waals surface area contributed by atoms with Crippen molar-refractivity contribution in [3.63, 3.8) is 0 Å². The van der Waals surface area contributed by atoms with Gasteiger partial charge in [-0.2, -0.15) is 5.10 Å². The molecule has 37 heavy (non-hydrogen) atoms. The molecule has 1 spiro atoms. The molecule has 7 nitrogen and oxygen atoms in total. The van der Waals surface area contributed by atoms with Crippen LogP contribution in [0.4, 0.5) is 5.95 Å². The lowest BCUT2D eigenvalue weighted by atomic mass is 9.62. The van der Waals surface area contributed by atoms with Gasteiger partial charge in [0.05, 0.1) is 30.3 Å². The highest BCUT2D eigenvalue weighted by Gasteiger charge is 2.43. The Balaban J connectivity index is 1.58. The Morgan fingerprint density at radius 3 is 2.65 bits per heavy atom. The molecular weight excluding hydrogens is 462 g/mol. The van der Waals surface area contributed by atoms with E-state index >= 15 is 0 Å². The number of hydrogen-bond donors (Lipinski definition) is 1. The molecule has 1 N–H and O–H groups in total. The summed E-state index contributed by atoms with van der Waals surface area (Å²) in [7, 11) is 1.62. The molecule has 2 aliphatic carbocycles. The van der Waals surface area contributed by atoms with E-state index in [1.165, 1.54) is 12.0 Å². The lowest BCUT2D eigenvalue weighted by molar-refractivity contribution is 0.284. The van der Waals surface area contributed by atoms with Gasteiger partial charge < -0.3 is 4.74 Å². The van der Waals surface area contributed by atoms with Gasteiger partial charge in [-0.1, -0.05) is 49.6 Å². The first-order valence-electron chi connectivity index (χ1n) is 12.8. The van der Waals surface area contributed by atoms with E-state index in [9.17, 15) is 4.79 Å². The van der Waals surface area contributed by atoms with Crippen molar-refractivity contribution >= 4 is 12.2 Å². The van der Waals surface area contributed by atoms with Crippen molar-refractivity contribution in [2.75, 3.05) is 12.5 Å². The number of benzene rings is 2. The lowest BCUT2D eigenvalue weighted by Gasteiger charge is -2.42. The van der Waals surface area contributed by atoms with Crippen LogP contribution in [0.1, 0.15) is 48.8 Å². The first-order valence-corrected chi connectivity index (χ1v) is 12.8. The van der Waals surface area contributed by atoms with Gasteiger partial charge in [0, 0.05) is 29.4 Å². The molecule has 0 unspecified atom stereocenters. The van der Waals surface area contributed by atoms with Gasteiger partial charge in [-0.15, -0.1) is 0 Å². The van der Waals surface area contributed by atoms with E-state index in [1.807, 2.05) is 42.5 Å². The van der Waals surface area contributed by atoms with Crippen LogP contribution < -0.4 is 15.7 Å². The van der Waals surface area contributed by atoms with Crippen molar-refractivity contribution < 1.29 is 4.74 Å². The van der Waals surface area contributed by atoms with Gasteiger partial charge in [0.2, 0.25) is 5.95 Å². The second kappa shape index (κ2) is 9.65. The predicted molar refractivity (Wildman–Crippen MR) is 146 cm³/mol. The highest BCUT2D eigenvalue weighted by molar-refractivity contribution is 5.80. The van der Waals surface area contributed by atoms with Crippen molar-refractivity contribution in [3.05, 3.63) is 100 Å². The molecule has 0 bridgehead atoms. The summed E-state index contributed by atoms with van der Waals surface area (Å²) in [6, 6.07) is 19.6. The minimum atomic E-state index is -0.203. The molecule has 1 saturated carbocycles. The van der Waals surface area contributed by atoms with Crippen molar-refractivity contribution in [2.24, 2.45) is 5.10 Å². The Morgan fingerprint density at radius 1 is 1.03 bits per heavy atom. The number of pyridine rings is 1. The van der Waals surface area contributed by atoms with E-state index in [0.29, 0.717) is 17.4 Å². The second-order valence-corrected chi connectivity index (χ2v) is 9.83. The number of aromatic nitrogens is 3. The van der Waals surface area contributed by atoms with Gasteiger partial charge >= 0.3 is 0 Å². The smallest absolute Gasteiger partial charge is 0.263 e. The summed E-state index contributed by atoms with van der Waals surface area (Å²) in [5.41, 5.74) is 8.29. The maximum Gasteiger partial charge on any atom is 0.263 e. The zero-order valence-electron chi connectivity index (χ0n) is 20.9. The van der Waals surface area contributed by atoms with Crippen molar-refractivity contribution in [1.29, 1.82) is 0 Å². The van der Waals surface area contributed by atoms with E-state index in [4.69, 9.17) is 9.72 Å². The number of fused-ring (bicyclic) bond motifs is 4. The largest absolute Gasteiger partial charge is 0.497 e. The molecule has 2 aromatic carbocycles. The Labute approximate surface area is 215 Å². The van der Waals surface area contributed by atoms with E-state index in [-0.39, 0.29) is 11.0 Å². The molecule has 2 aliphatic rings. The lowest BCUT2D eigenvalue weighted by Crippen LogP contribution is -2.42. The number of nitrogens with zero attached hydrogens (tertiary/aromatic N) is 4. The van der Waals surface area contributed by atoms with Gasteiger partial charge in [-0.25, -0.2) is 15.0 Å². The maximum atomic E-state index is 14.5. The summed E-state index contributed by atoms with van der Waals surface area (Å²) in [6.07, 6.45) is 11.4. The third-order valence-corrected chi connectivity index (χ3v) is 7.62. The molecule has 186 valence electrons. The second-order valence-electron chi connectivity index (χ2n) is 9.83. The third kappa shape index (κ3) is 4.20. The average molecular weight is 492 g/mol. The number of hydrazone groups is 1. The predicted octanol–water partition coefficient (Wildman–Crippen LogP) is 5.51. The standard InChI is InChI=1S/C30H29N5O2/c1-37-24-10-7-9-23(18-24)35-28(36)26-27(33-29(35)34-32-20-21-12-16-31-17-13-21)25-11-4-3-8-22(25)19-30(26)14-5-2-6-15-30/h3-4,7-13,16-18,20H,2,5-6,14-15,19H2,1H3,(H,33,34)/b32-20-. The van der Waals surface area contributed by atoms with E-state index in [1.54, 1.807) is 30.3 Å². The molecule has 0 aliphatic heterocycles. The van der Waals surface area contributed by atoms with Gasteiger partial charge in [-0.3, -0.25) is 9.78 Å². The molecule has 0 saturated heterocycles. The van der Waals surface area contributed by atoms with Gasteiger partial charge in [-0.05, 0) is 54.7 Å². The van der Waals surface area contributed by atoms with Crippen LogP contribution in [-0.2, 0) is 11.8 Å². The van der Waals surface area contributed by atoms with Crippen molar-refractivity contribution in [2.45, 2.75) is 43.9 Å². The highest BCUT2D eigenvalue weighted by Crippen LogP contribution is 2.48. The molecular formula is C30H29N5O2. The Kier molecular flexibility index (Phi) is 6.04. The SMILES string of the molecule is COc1cccc(-n2c(N/N=C\c3ccncc3)nc3c(c2=O)C2(CCCCC2)Cc2ccccc2-3)c1. The van der Waals surface area contributed by atoms with Crippen LogP contribution in [0.15, 0.2) is 83.0 Å². The molecule has 0 radical (unpaired) electrons. The number of hydrogen-bond acceptors (Lipinski definition) is 6. The van der Waals surface area contributed by atoms with Gasteiger partial charge in [0.15, 0.2) is 0 Å². The Bertz CT molecular complexity index is 1520. The fourth-order valence-electron chi connectivity index (χ4n) is 5.89. The molecule has 6 rings (SSSR count). The number of methoxy groups -OCH3 is 1. The monoisotopic (exact) mass is 491 g/mol. The van der Waals surface area contributed by atoms with Crippen molar-refractivity contribution in [3.8, 4) is 22.7 Å². The molecule has 7 heteroatoms. The first-order chi connectivity index (χ1) is 18.2. The molecule has 0 atom stereocenters. The fourth-order valence-corrected chi connectivity index (χ4v) is 5.89.